The van der Waals surface area contributed by atoms with Crippen LogP contribution in [0.4, 0.5) is 17.2 Å². The molecule has 0 aliphatic carbocycles. The Morgan fingerprint density at radius 3 is 2.60 bits per heavy atom. The lowest BCUT2D eigenvalue weighted by Gasteiger charge is -2.12. The fraction of sp³-hybridized carbons (Fsp3) is 0.0526. The first kappa shape index (κ1) is 16.8. The highest BCUT2D eigenvalue weighted by Crippen LogP contribution is 2.23. The zero-order valence-corrected chi connectivity index (χ0v) is 14.2. The quantitative estimate of drug-likeness (QED) is 0.695. The van der Waals surface area contributed by atoms with Crippen molar-refractivity contribution < 1.29 is 9.53 Å². The van der Waals surface area contributed by atoms with Gasteiger partial charge < -0.3 is 15.4 Å². The van der Waals surface area contributed by atoms with Gasteiger partial charge in [0.15, 0.2) is 0 Å². The second-order valence-electron chi connectivity index (χ2n) is 5.22. The van der Waals surface area contributed by atoms with E-state index < -0.39 is 0 Å². The molecule has 25 heavy (non-hydrogen) atoms. The minimum Gasteiger partial charge on any atom is -0.497 e. The Balaban J connectivity index is 1.82. The predicted octanol–water partition coefficient (Wildman–Crippen LogP) is 4.74. The number of methoxy groups -OCH3 is 1. The number of hydrogen-bond acceptors (Lipinski definition) is 4. The van der Waals surface area contributed by atoms with Crippen LogP contribution in [0.25, 0.3) is 0 Å². The summed E-state index contributed by atoms with van der Waals surface area (Å²) in [4.78, 5) is 16.9. The number of anilines is 3. The zero-order chi connectivity index (χ0) is 17.6. The van der Waals surface area contributed by atoms with E-state index in [9.17, 15) is 4.79 Å². The lowest BCUT2D eigenvalue weighted by molar-refractivity contribution is 0.102. The molecule has 0 bridgehead atoms. The highest BCUT2D eigenvalue weighted by Gasteiger charge is 2.13. The molecule has 1 aromatic heterocycles. The van der Waals surface area contributed by atoms with E-state index in [0.29, 0.717) is 27.8 Å². The van der Waals surface area contributed by atoms with E-state index >= 15 is 0 Å². The van der Waals surface area contributed by atoms with Crippen LogP contribution in [0.2, 0.25) is 5.02 Å². The van der Waals surface area contributed by atoms with Gasteiger partial charge in [0.1, 0.15) is 11.6 Å². The standard InChI is InChI=1S/C19H16ClN3O2/c1-25-16-5-2-4-15(12-16)22-18-17(6-3-11-21-18)19(24)23-14-9-7-13(20)8-10-14/h2-12H,1H3,(H,21,22)(H,23,24). The largest absolute Gasteiger partial charge is 0.497 e. The number of amides is 1. The predicted molar refractivity (Wildman–Crippen MR) is 99.9 cm³/mol. The molecule has 5 nitrogen and oxygen atoms in total. The number of aromatic nitrogens is 1. The van der Waals surface area contributed by atoms with Crippen molar-refractivity contribution in [3.8, 4) is 5.75 Å². The molecule has 0 aliphatic heterocycles. The third kappa shape index (κ3) is 4.28. The van der Waals surface area contributed by atoms with Crippen molar-refractivity contribution in [2.24, 2.45) is 0 Å². The van der Waals surface area contributed by atoms with E-state index in [0.717, 1.165) is 5.69 Å². The van der Waals surface area contributed by atoms with Gasteiger partial charge in [0.2, 0.25) is 0 Å². The molecular weight excluding hydrogens is 338 g/mol. The van der Waals surface area contributed by atoms with Gasteiger partial charge in [0, 0.05) is 28.7 Å². The fourth-order valence-electron chi connectivity index (χ4n) is 2.26. The second-order valence-corrected chi connectivity index (χ2v) is 5.65. The highest BCUT2D eigenvalue weighted by molar-refractivity contribution is 6.30. The number of carbonyl (C=O) groups is 1. The molecule has 3 aromatic rings. The molecule has 126 valence electrons. The van der Waals surface area contributed by atoms with Crippen molar-refractivity contribution in [1.29, 1.82) is 0 Å². The summed E-state index contributed by atoms with van der Waals surface area (Å²) in [5.74, 6) is 0.913. The fourth-order valence-corrected chi connectivity index (χ4v) is 2.38. The third-order valence-corrected chi connectivity index (χ3v) is 3.74. The van der Waals surface area contributed by atoms with Gasteiger partial charge in [0.05, 0.1) is 12.7 Å². The van der Waals surface area contributed by atoms with Crippen LogP contribution in [0.5, 0.6) is 5.75 Å². The summed E-state index contributed by atoms with van der Waals surface area (Å²) in [6, 6.07) is 17.8. The monoisotopic (exact) mass is 353 g/mol. The van der Waals surface area contributed by atoms with Crippen molar-refractivity contribution >= 4 is 34.7 Å². The number of benzene rings is 2. The van der Waals surface area contributed by atoms with Crippen LogP contribution in [0.15, 0.2) is 66.9 Å². The van der Waals surface area contributed by atoms with Gasteiger partial charge >= 0.3 is 0 Å². The van der Waals surface area contributed by atoms with Crippen molar-refractivity contribution in [2.45, 2.75) is 0 Å². The van der Waals surface area contributed by atoms with E-state index in [1.165, 1.54) is 0 Å². The Morgan fingerprint density at radius 1 is 1.04 bits per heavy atom. The number of hydrogen-bond donors (Lipinski definition) is 2. The van der Waals surface area contributed by atoms with Crippen LogP contribution in [-0.2, 0) is 0 Å². The zero-order valence-electron chi connectivity index (χ0n) is 13.5. The number of pyridine rings is 1. The highest BCUT2D eigenvalue weighted by atomic mass is 35.5. The molecule has 0 aliphatic rings. The molecule has 0 atom stereocenters. The van der Waals surface area contributed by atoms with Gasteiger partial charge in [-0.05, 0) is 48.5 Å². The molecule has 1 amide bonds. The molecule has 1 heterocycles. The summed E-state index contributed by atoms with van der Waals surface area (Å²) >= 11 is 5.86. The normalized spacial score (nSPS) is 10.2. The molecule has 0 saturated heterocycles. The Labute approximate surface area is 150 Å². The maximum atomic E-state index is 12.6. The van der Waals surface area contributed by atoms with Crippen LogP contribution in [0, 0.1) is 0 Å². The van der Waals surface area contributed by atoms with E-state index in [4.69, 9.17) is 16.3 Å². The van der Waals surface area contributed by atoms with Gasteiger partial charge in [-0.25, -0.2) is 4.98 Å². The van der Waals surface area contributed by atoms with E-state index in [1.54, 1.807) is 49.7 Å². The average molecular weight is 354 g/mol. The number of nitrogens with one attached hydrogen (secondary N) is 2. The molecule has 3 rings (SSSR count). The van der Waals surface area contributed by atoms with Crippen molar-refractivity contribution in [3.63, 3.8) is 0 Å². The van der Waals surface area contributed by atoms with Crippen LogP contribution in [0.3, 0.4) is 0 Å². The lowest BCUT2D eigenvalue weighted by atomic mass is 10.2. The van der Waals surface area contributed by atoms with Gasteiger partial charge in [0.25, 0.3) is 5.91 Å². The summed E-state index contributed by atoms with van der Waals surface area (Å²) in [6.45, 7) is 0. The van der Waals surface area contributed by atoms with Crippen LogP contribution in [0.1, 0.15) is 10.4 Å². The number of nitrogens with zero attached hydrogens (tertiary/aromatic N) is 1. The van der Waals surface area contributed by atoms with E-state index in [2.05, 4.69) is 15.6 Å². The van der Waals surface area contributed by atoms with Crippen molar-refractivity contribution in [1.82, 2.24) is 4.98 Å². The van der Waals surface area contributed by atoms with Crippen molar-refractivity contribution in [2.75, 3.05) is 17.7 Å². The van der Waals surface area contributed by atoms with Crippen LogP contribution < -0.4 is 15.4 Å². The number of rotatable bonds is 5. The Hall–Kier alpha value is -3.05. The Bertz CT molecular complexity index is 882. The molecule has 6 heteroatoms. The number of halogens is 1. The summed E-state index contributed by atoms with van der Waals surface area (Å²) in [5.41, 5.74) is 1.87. The van der Waals surface area contributed by atoms with Crippen molar-refractivity contribution in [3.05, 3.63) is 77.4 Å². The minimum atomic E-state index is -0.263. The van der Waals surface area contributed by atoms with E-state index in [-0.39, 0.29) is 5.91 Å². The van der Waals surface area contributed by atoms with Crippen LogP contribution >= 0.6 is 11.6 Å². The first-order valence-electron chi connectivity index (χ1n) is 7.59. The molecule has 0 fully saturated rings. The Morgan fingerprint density at radius 2 is 1.84 bits per heavy atom. The molecule has 0 spiro atoms. The molecular formula is C19H16ClN3O2. The molecule has 2 aromatic carbocycles. The summed E-state index contributed by atoms with van der Waals surface area (Å²) in [5, 5.41) is 6.59. The average Bonchev–Trinajstić information content (AvgIpc) is 2.64. The second kappa shape index (κ2) is 7.68. The maximum Gasteiger partial charge on any atom is 0.259 e. The summed E-state index contributed by atoms with van der Waals surface area (Å²) in [6.07, 6.45) is 1.63. The molecule has 0 unspecified atom stereocenters. The molecule has 0 radical (unpaired) electrons. The molecule has 2 N–H and O–H groups in total. The first-order chi connectivity index (χ1) is 12.2. The maximum absolute atomic E-state index is 12.6. The van der Waals surface area contributed by atoms with Gasteiger partial charge in [-0.2, -0.15) is 0 Å². The number of ether oxygens (including phenoxy) is 1. The lowest BCUT2D eigenvalue weighted by Crippen LogP contribution is -2.14. The van der Waals surface area contributed by atoms with Gasteiger partial charge in [-0.1, -0.05) is 17.7 Å². The smallest absolute Gasteiger partial charge is 0.259 e. The summed E-state index contributed by atoms with van der Waals surface area (Å²) < 4.78 is 5.21. The summed E-state index contributed by atoms with van der Waals surface area (Å²) in [7, 11) is 1.60. The Kier molecular flexibility index (Phi) is 5.16. The SMILES string of the molecule is COc1cccc(Nc2ncccc2C(=O)Nc2ccc(Cl)cc2)c1. The number of carbonyl (C=O) groups excluding carboxylic acids is 1. The third-order valence-electron chi connectivity index (χ3n) is 3.49. The van der Waals surface area contributed by atoms with Crippen LogP contribution in [-0.4, -0.2) is 18.0 Å². The van der Waals surface area contributed by atoms with E-state index in [1.807, 2.05) is 24.3 Å². The topological polar surface area (TPSA) is 63.2 Å². The molecule has 0 saturated carbocycles. The first-order valence-corrected chi connectivity index (χ1v) is 7.96. The van der Waals surface area contributed by atoms with Gasteiger partial charge in [-0.3, -0.25) is 4.79 Å². The van der Waals surface area contributed by atoms with Gasteiger partial charge in [-0.15, -0.1) is 0 Å². The minimum absolute atomic E-state index is 0.263.